The zero-order chi connectivity index (χ0) is 33.4. The molecule has 2 aromatic carbocycles. The molecule has 1 saturated carbocycles. The van der Waals surface area contributed by atoms with Crippen molar-refractivity contribution in [3.8, 4) is 33.8 Å². The van der Waals surface area contributed by atoms with Crippen molar-refractivity contribution in [2.75, 3.05) is 0 Å². The zero-order valence-electron chi connectivity index (χ0n) is 25.5. The Morgan fingerprint density at radius 3 is 1.57 bits per heavy atom. The first-order valence-corrected chi connectivity index (χ1v) is 17.4. The number of benzene rings is 2. The quantitative estimate of drug-likeness (QED) is 0.228. The van der Waals surface area contributed by atoms with Crippen molar-refractivity contribution in [2.24, 2.45) is 0 Å². The summed E-state index contributed by atoms with van der Waals surface area (Å²) >= 11 is 24.6. The Morgan fingerprint density at radius 1 is 0.617 bits per heavy atom. The van der Waals surface area contributed by atoms with E-state index in [2.05, 4.69) is 0 Å². The molecule has 4 aromatic rings. The number of phenolic OH excluding ortho intramolecular Hbond substituents is 1. The Kier molecular flexibility index (Phi) is 10.3. The summed E-state index contributed by atoms with van der Waals surface area (Å²) in [4.78, 5) is 25.4. The maximum atomic E-state index is 14.7. The van der Waals surface area contributed by atoms with E-state index < -0.39 is 11.6 Å². The smallest absolute Gasteiger partial charge is 0.276 e. The Bertz CT molecular complexity index is 1930. The number of nitrogens with zero attached hydrogens (tertiary/aromatic N) is 4. The molecule has 2 aromatic heterocycles. The fourth-order valence-corrected chi connectivity index (χ4v) is 7.65. The van der Waals surface area contributed by atoms with Crippen LogP contribution in [0.15, 0.2) is 33.9 Å². The van der Waals surface area contributed by atoms with Gasteiger partial charge in [-0.3, -0.25) is 19.0 Å². The van der Waals surface area contributed by atoms with Gasteiger partial charge in [-0.2, -0.15) is 0 Å². The molecule has 8 nitrogen and oxygen atoms in total. The van der Waals surface area contributed by atoms with Crippen LogP contribution in [0, 0.1) is 11.6 Å². The van der Waals surface area contributed by atoms with Crippen LogP contribution in [0.1, 0.15) is 64.2 Å². The van der Waals surface area contributed by atoms with Gasteiger partial charge in [0.2, 0.25) is 0 Å². The summed E-state index contributed by atoms with van der Waals surface area (Å²) in [5.74, 6) is -1.11. The van der Waals surface area contributed by atoms with Gasteiger partial charge < -0.3 is 9.84 Å². The van der Waals surface area contributed by atoms with E-state index in [1.165, 1.54) is 16.8 Å². The van der Waals surface area contributed by atoms with Gasteiger partial charge in [0.05, 0.1) is 27.3 Å². The second kappa shape index (κ2) is 14.3. The second-order valence-electron chi connectivity index (χ2n) is 12.1. The summed E-state index contributed by atoms with van der Waals surface area (Å²) in [7, 11) is 0. The molecule has 1 N–H and O–H groups in total. The van der Waals surface area contributed by atoms with Gasteiger partial charge in [0.25, 0.3) is 11.1 Å². The highest BCUT2D eigenvalue weighted by Crippen LogP contribution is 2.38. The lowest BCUT2D eigenvalue weighted by Gasteiger charge is -2.15. The van der Waals surface area contributed by atoms with Gasteiger partial charge in [-0.15, -0.1) is 0 Å². The molecule has 47 heavy (non-hydrogen) atoms. The summed E-state index contributed by atoms with van der Waals surface area (Å²) < 4.78 is 41.4. The van der Waals surface area contributed by atoms with Crippen LogP contribution in [0.4, 0.5) is 8.78 Å². The maximum Gasteiger partial charge on any atom is 0.276 e. The third-order valence-corrected chi connectivity index (χ3v) is 10.4. The van der Waals surface area contributed by atoms with Crippen LogP contribution in [0.25, 0.3) is 22.3 Å². The summed E-state index contributed by atoms with van der Waals surface area (Å²) in [5, 5.41) is 10.3. The molecule has 1 fully saturated rings. The molecule has 3 aliphatic rings. The van der Waals surface area contributed by atoms with Crippen LogP contribution >= 0.6 is 46.4 Å². The molecule has 1 aliphatic carbocycles. The molecule has 0 spiro atoms. The first-order valence-electron chi connectivity index (χ1n) is 15.9. The predicted molar refractivity (Wildman–Crippen MR) is 180 cm³/mol. The fraction of sp³-hybridized carbons (Fsp3) is 0.455. The normalized spacial score (nSPS) is 16.6. The number of fused-ring (bicyclic) bond motifs is 2. The Hall–Kier alpha value is -2.92. The standard InChI is InChI=1S/C19H21Cl2FN2O2.C14H13Cl2FN2O2/c20-14-11-15(22)13(10-16(14)26-12-6-2-3-7-12)17-18(21)23-8-4-1-5-9-24(23)19(17)25;15-9-7-10(17)8(6-11(9)20)12-13(16)18-4-2-1-3-5-19(18)14(12)21/h10-12H,1-9H2;6-7,20H,1-5H2. The minimum Gasteiger partial charge on any atom is -0.506 e. The van der Waals surface area contributed by atoms with Gasteiger partial charge in [-0.05, 0) is 88.5 Å². The van der Waals surface area contributed by atoms with Crippen LogP contribution in [0.2, 0.25) is 20.4 Å². The molecule has 0 saturated heterocycles. The van der Waals surface area contributed by atoms with Gasteiger partial charge in [-0.25, -0.2) is 18.1 Å². The average molecular weight is 730 g/mol. The molecule has 2 aliphatic heterocycles. The predicted octanol–water partition coefficient (Wildman–Crippen LogP) is 8.92. The molecule has 0 amide bonds. The number of hydrogen-bond acceptors (Lipinski definition) is 4. The lowest BCUT2D eigenvalue weighted by Crippen LogP contribution is -2.22. The molecule has 0 atom stereocenters. The maximum absolute atomic E-state index is 14.7. The Morgan fingerprint density at radius 2 is 1.06 bits per heavy atom. The zero-order valence-corrected chi connectivity index (χ0v) is 28.5. The van der Waals surface area contributed by atoms with E-state index in [1.54, 1.807) is 14.0 Å². The van der Waals surface area contributed by atoms with Crippen molar-refractivity contribution >= 4 is 46.4 Å². The third kappa shape index (κ3) is 6.71. The lowest BCUT2D eigenvalue weighted by atomic mass is 10.1. The van der Waals surface area contributed by atoms with E-state index in [0.717, 1.165) is 76.3 Å². The van der Waals surface area contributed by atoms with Crippen LogP contribution in [0.5, 0.6) is 11.5 Å². The summed E-state index contributed by atoms with van der Waals surface area (Å²) in [6.07, 6.45) is 10.0. The second-order valence-corrected chi connectivity index (χ2v) is 13.7. The molecule has 0 radical (unpaired) electrons. The highest BCUT2D eigenvalue weighted by atomic mass is 35.5. The van der Waals surface area contributed by atoms with Crippen molar-refractivity contribution in [1.29, 1.82) is 0 Å². The molecule has 0 unspecified atom stereocenters. The van der Waals surface area contributed by atoms with E-state index in [-0.39, 0.29) is 65.6 Å². The van der Waals surface area contributed by atoms with Crippen LogP contribution in [0.3, 0.4) is 0 Å². The largest absolute Gasteiger partial charge is 0.506 e. The summed E-state index contributed by atoms with van der Waals surface area (Å²) in [6.45, 7) is 2.43. The van der Waals surface area contributed by atoms with Crippen LogP contribution < -0.4 is 15.9 Å². The van der Waals surface area contributed by atoms with Gasteiger partial charge in [0.1, 0.15) is 33.4 Å². The van der Waals surface area contributed by atoms with E-state index in [9.17, 15) is 23.5 Å². The van der Waals surface area contributed by atoms with Crippen molar-refractivity contribution in [3.05, 3.63) is 77.0 Å². The molecule has 252 valence electrons. The number of ether oxygens (including phenoxy) is 1. The third-order valence-electron chi connectivity index (χ3n) is 9.02. The number of phenols is 1. The first kappa shape index (κ1) is 34.0. The van der Waals surface area contributed by atoms with E-state index in [1.807, 2.05) is 0 Å². The van der Waals surface area contributed by atoms with E-state index in [0.29, 0.717) is 31.9 Å². The van der Waals surface area contributed by atoms with E-state index >= 15 is 0 Å². The van der Waals surface area contributed by atoms with Gasteiger partial charge >= 0.3 is 0 Å². The first-order chi connectivity index (χ1) is 22.6. The molecule has 4 heterocycles. The molecular formula is C33H34Cl4F2N4O4. The van der Waals surface area contributed by atoms with Gasteiger partial charge in [0, 0.05) is 37.3 Å². The highest BCUT2D eigenvalue weighted by molar-refractivity contribution is 6.34. The lowest BCUT2D eigenvalue weighted by molar-refractivity contribution is 0.210. The molecule has 7 rings (SSSR count). The topological polar surface area (TPSA) is 83.3 Å². The van der Waals surface area contributed by atoms with Crippen LogP contribution in [-0.2, 0) is 26.2 Å². The van der Waals surface area contributed by atoms with Crippen molar-refractivity contribution in [3.63, 3.8) is 0 Å². The van der Waals surface area contributed by atoms with Crippen LogP contribution in [-0.4, -0.2) is 29.9 Å². The fourth-order valence-electron chi connectivity index (χ4n) is 6.58. The average Bonchev–Trinajstić information content (AvgIpc) is 3.50. The molecular weight excluding hydrogens is 696 g/mol. The van der Waals surface area contributed by atoms with Crippen molar-refractivity contribution < 1.29 is 18.6 Å². The molecule has 0 bridgehead atoms. The van der Waals surface area contributed by atoms with Crippen molar-refractivity contribution in [1.82, 2.24) is 18.7 Å². The minimum absolute atomic E-state index is 0.0278. The SMILES string of the molecule is O=c1c(-c2cc(O)c(Cl)cc2F)c(Cl)n2n1CCCCC2.O=c1c(-c2cc(OC3CCCC3)c(Cl)cc2F)c(Cl)n2n1CCCCC2. The minimum atomic E-state index is -0.682. The van der Waals surface area contributed by atoms with Gasteiger partial charge in [-0.1, -0.05) is 46.4 Å². The summed E-state index contributed by atoms with van der Waals surface area (Å²) in [6, 6.07) is 4.86. The highest BCUT2D eigenvalue weighted by Gasteiger charge is 2.27. The number of hydrogen-bond donors (Lipinski definition) is 1. The Labute approximate surface area is 289 Å². The number of rotatable bonds is 4. The summed E-state index contributed by atoms with van der Waals surface area (Å²) in [5.41, 5.74) is -0.208. The monoisotopic (exact) mass is 728 g/mol. The van der Waals surface area contributed by atoms with Crippen molar-refractivity contribution in [2.45, 2.75) is 96.5 Å². The van der Waals surface area contributed by atoms with E-state index in [4.69, 9.17) is 51.1 Å². The number of aromatic nitrogens is 4. The molecule has 14 heteroatoms. The van der Waals surface area contributed by atoms with Gasteiger partial charge in [0.15, 0.2) is 0 Å². The number of halogens is 6. The Balaban J connectivity index is 0.000000168. The number of aromatic hydroxyl groups is 1.